The number of methoxy groups -OCH3 is 1. The average Bonchev–Trinajstić information content (AvgIpc) is 3.31. The molecule has 3 heterocycles. The quantitative estimate of drug-likeness (QED) is 0.564. The van der Waals surface area contributed by atoms with Crippen LogP contribution in [-0.4, -0.2) is 36.8 Å². The van der Waals surface area contributed by atoms with Gasteiger partial charge in [0.25, 0.3) is 0 Å². The summed E-state index contributed by atoms with van der Waals surface area (Å²) in [6, 6.07) is 3.31. The molecule has 4 aromatic rings. The normalized spacial score (nSPS) is 12.0. The number of H-pyrrole nitrogens is 2. The van der Waals surface area contributed by atoms with E-state index in [0.29, 0.717) is 27.4 Å². The van der Waals surface area contributed by atoms with E-state index in [-0.39, 0.29) is 11.5 Å². The summed E-state index contributed by atoms with van der Waals surface area (Å²) in [5.41, 5.74) is 1.40. The van der Waals surface area contributed by atoms with Crippen LogP contribution in [0.5, 0.6) is 5.75 Å². The molecule has 0 saturated heterocycles. The second-order valence-electron chi connectivity index (χ2n) is 5.36. The maximum absolute atomic E-state index is 12.9. The molecule has 0 atom stereocenters. The maximum Gasteiger partial charge on any atom is 0.451 e. The zero-order valence-electron chi connectivity index (χ0n) is 13.1. The first-order chi connectivity index (χ1) is 12.4. The molecule has 0 saturated carbocycles. The van der Waals surface area contributed by atoms with Crippen LogP contribution in [-0.2, 0) is 6.18 Å². The maximum atomic E-state index is 12.9. The first kappa shape index (κ1) is 16.5. The fourth-order valence-electron chi connectivity index (χ4n) is 2.66. The van der Waals surface area contributed by atoms with Crippen molar-refractivity contribution in [2.24, 2.45) is 0 Å². The fraction of sp³-hybridized carbons (Fsp3) is 0.133. The third-order valence-corrected chi connectivity index (χ3v) is 4.08. The van der Waals surface area contributed by atoms with Crippen molar-refractivity contribution >= 4 is 22.5 Å². The van der Waals surface area contributed by atoms with Crippen LogP contribution in [0.3, 0.4) is 0 Å². The Hall–Kier alpha value is -3.01. The van der Waals surface area contributed by atoms with E-state index < -0.39 is 12.0 Å². The summed E-state index contributed by atoms with van der Waals surface area (Å²) in [4.78, 5) is 10.6. The second kappa shape index (κ2) is 5.77. The van der Waals surface area contributed by atoms with E-state index in [1.165, 1.54) is 13.4 Å². The van der Waals surface area contributed by atoms with Gasteiger partial charge in [0.05, 0.1) is 24.1 Å². The number of ether oxygens (including phenoxy) is 1. The zero-order chi connectivity index (χ0) is 18.5. The number of aromatic nitrogens is 6. The van der Waals surface area contributed by atoms with Crippen LogP contribution >= 0.6 is 11.6 Å². The van der Waals surface area contributed by atoms with Gasteiger partial charge in [0, 0.05) is 23.3 Å². The molecular formula is C15H10ClF3N6O. The van der Waals surface area contributed by atoms with Gasteiger partial charge < -0.3 is 14.3 Å². The van der Waals surface area contributed by atoms with Gasteiger partial charge in [-0.2, -0.15) is 18.3 Å². The van der Waals surface area contributed by atoms with Crippen LogP contribution < -0.4 is 4.74 Å². The molecule has 1 aromatic carbocycles. The van der Waals surface area contributed by atoms with E-state index >= 15 is 0 Å². The number of hydrogen-bond donors (Lipinski definition) is 2. The molecule has 3 aromatic heterocycles. The van der Waals surface area contributed by atoms with Crippen molar-refractivity contribution in [1.82, 2.24) is 29.7 Å². The fourth-order valence-corrected chi connectivity index (χ4v) is 2.90. The van der Waals surface area contributed by atoms with Gasteiger partial charge >= 0.3 is 6.18 Å². The lowest BCUT2D eigenvalue weighted by atomic mass is 10.2. The molecule has 0 aliphatic carbocycles. The highest BCUT2D eigenvalue weighted by Gasteiger charge is 2.36. The highest BCUT2D eigenvalue weighted by molar-refractivity contribution is 6.33. The van der Waals surface area contributed by atoms with Crippen molar-refractivity contribution < 1.29 is 17.9 Å². The summed E-state index contributed by atoms with van der Waals surface area (Å²) in [6.07, 6.45) is 0.100. The number of rotatable bonds is 3. The molecule has 0 radical (unpaired) electrons. The lowest BCUT2D eigenvalue weighted by Crippen LogP contribution is -2.07. The highest BCUT2D eigenvalue weighted by Crippen LogP contribution is 2.38. The standard InChI is InChI=1S/C15H10ClF3N6O/c1-26-10-4-7-9(5-8(10)16)21-11(12(7)25-3-2-20-6-25)13-22-14(24-23-13)15(17,18)19/h2-6,21H,1H3,(H,22,23,24). The molecule has 7 nitrogen and oxygen atoms in total. The summed E-state index contributed by atoms with van der Waals surface area (Å²) in [5, 5.41) is 6.63. The number of nitrogens with one attached hydrogen (secondary N) is 2. The van der Waals surface area contributed by atoms with Crippen LogP contribution in [0.4, 0.5) is 13.2 Å². The molecule has 2 N–H and O–H groups in total. The van der Waals surface area contributed by atoms with Crippen molar-refractivity contribution in [2.45, 2.75) is 6.18 Å². The van der Waals surface area contributed by atoms with Gasteiger partial charge in [-0.05, 0) is 12.1 Å². The van der Waals surface area contributed by atoms with E-state index in [9.17, 15) is 13.2 Å². The molecule has 134 valence electrons. The minimum atomic E-state index is -4.63. The lowest BCUT2D eigenvalue weighted by molar-refractivity contribution is -0.144. The van der Waals surface area contributed by atoms with Gasteiger partial charge in [-0.25, -0.2) is 9.97 Å². The summed E-state index contributed by atoms with van der Waals surface area (Å²) in [5.74, 6) is -0.886. The molecule has 0 bridgehead atoms. The Morgan fingerprint density at radius 1 is 1.27 bits per heavy atom. The second-order valence-corrected chi connectivity index (χ2v) is 5.76. The molecular weight excluding hydrogens is 373 g/mol. The third kappa shape index (κ3) is 2.58. The predicted octanol–water partition coefficient (Wildman–Crippen LogP) is 3.82. The van der Waals surface area contributed by atoms with Crippen LogP contribution in [0.15, 0.2) is 30.9 Å². The molecule has 0 aliphatic heterocycles. The predicted molar refractivity (Wildman–Crippen MR) is 87.4 cm³/mol. The van der Waals surface area contributed by atoms with Gasteiger partial charge in [-0.15, -0.1) is 0 Å². The van der Waals surface area contributed by atoms with Crippen molar-refractivity contribution in [3.05, 3.63) is 41.7 Å². The average molecular weight is 383 g/mol. The van der Waals surface area contributed by atoms with Crippen LogP contribution in [0.25, 0.3) is 28.1 Å². The Labute approximate surface area is 148 Å². The largest absolute Gasteiger partial charge is 0.495 e. The molecule has 0 unspecified atom stereocenters. The molecule has 0 fully saturated rings. The Morgan fingerprint density at radius 3 is 2.69 bits per heavy atom. The van der Waals surface area contributed by atoms with E-state index in [0.717, 1.165) is 0 Å². The molecule has 4 rings (SSSR count). The van der Waals surface area contributed by atoms with Crippen molar-refractivity contribution in [2.75, 3.05) is 7.11 Å². The van der Waals surface area contributed by atoms with Gasteiger partial charge in [0.2, 0.25) is 5.82 Å². The SMILES string of the molecule is COc1cc2c(-n3ccnc3)c(-c3n[nH]c(C(F)(F)F)n3)[nH]c2cc1Cl. The van der Waals surface area contributed by atoms with E-state index in [2.05, 4.69) is 20.1 Å². The summed E-state index contributed by atoms with van der Waals surface area (Å²) in [7, 11) is 1.47. The summed E-state index contributed by atoms with van der Waals surface area (Å²) >= 11 is 6.15. The van der Waals surface area contributed by atoms with E-state index in [4.69, 9.17) is 16.3 Å². The molecule has 0 spiro atoms. The summed E-state index contributed by atoms with van der Waals surface area (Å²) < 4.78 is 45.4. The number of benzene rings is 1. The highest BCUT2D eigenvalue weighted by atomic mass is 35.5. The first-order valence-corrected chi connectivity index (χ1v) is 7.64. The van der Waals surface area contributed by atoms with E-state index in [1.807, 2.05) is 5.10 Å². The van der Waals surface area contributed by atoms with Gasteiger partial charge in [0.1, 0.15) is 11.4 Å². The number of halogens is 4. The minimum absolute atomic E-state index is 0.132. The first-order valence-electron chi connectivity index (χ1n) is 7.26. The number of aromatic amines is 2. The Bertz CT molecular complexity index is 1080. The number of imidazole rings is 1. The van der Waals surface area contributed by atoms with Gasteiger partial charge in [-0.1, -0.05) is 11.6 Å². The number of alkyl halides is 3. The van der Waals surface area contributed by atoms with Gasteiger partial charge in [0.15, 0.2) is 5.82 Å². The number of hydrogen-bond acceptors (Lipinski definition) is 4. The molecule has 11 heteroatoms. The number of fused-ring (bicyclic) bond motifs is 1. The van der Waals surface area contributed by atoms with Crippen molar-refractivity contribution in [3.63, 3.8) is 0 Å². The summed E-state index contributed by atoms with van der Waals surface area (Å²) in [6.45, 7) is 0. The Kier molecular flexibility index (Phi) is 3.65. The van der Waals surface area contributed by atoms with Crippen molar-refractivity contribution in [3.8, 4) is 23.0 Å². The zero-order valence-corrected chi connectivity index (χ0v) is 13.9. The smallest absolute Gasteiger partial charge is 0.451 e. The van der Waals surface area contributed by atoms with Crippen LogP contribution in [0, 0.1) is 0 Å². The van der Waals surface area contributed by atoms with Crippen LogP contribution in [0.1, 0.15) is 5.82 Å². The Morgan fingerprint density at radius 2 is 2.08 bits per heavy atom. The minimum Gasteiger partial charge on any atom is -0.495 e. The lowest BCUT2D eigenvalue weighted by Gasteiger charge is -2.05. The Balaban J connectivity index is 2.00. The van der Waals surface area contributed by atoms with E-state index in [1.54, 1.807) is 29.1 Å². The molecule has 0 aliphatic rings. The number of nitrogens with zero attached hydrogens (tertiary/aromatic N) is 4. The van der Waals surface area contributed by atoms with Crippen molar-refractivity contribution in [1.29, 1.82) is 0 Å². The topological polar surface area (TPSA) is 84.4 Å². The monoisotopic (exact) mass is 382 g/mol. The van der Waals surface area contributed by atoms with Gasteiger partial charge in [-0.3, -0.25) is 5.10 Å². The molecule has 26 heavy (non-hydrogen) atoms. The van der Waals surface area contributed by atoms with Crippen LogP contribution in [0.2, 0.25) is 5.02 Å². The third-order valence-electron chi connectivity index (χ3n) is 3.78. The molecule has 0 amide bonds.